The van der Waals surface area contributed by atoms with Crippen LogP contribution in [0.25, 0.3) is 11.8 Å². The molecule has 1 saturated heterocycles. The van der Waals surface area contributed by atoms with E-state index in [0.29, 0.717) is 18.9 Å². The summed E-state index contributed by atoms with van der Waals surface area (Å²) < 4.78 is 26.5. The van der Waals surface area contributed by atoms with Crippen LogP contribution in [-0.4, -0.2) is 29.7 Å². The van der Waals surface area contributed by atoms with E-state index in [2.05, 4.69) is 9.88 Å². The van der Waals surface area contributed by atoms with E-state index < -0.39 is 5.91 Å². The second-order valence-corrected chi connectivity index (χ2v) is 8.59. The van der Waals surface area contributed by atoms with Gasteiger partial charge in [-0.25, -0.2) is 4.39 Å². The SMILES string of the molecule is Cc1cc(/C=C(/C#N)C(=O)NC[C@@H]2CCCO2)c(C)n1-c1ccc(OCc2ccc(F)cc2)cc1. The molecule has 2 aromatic carbocycles. The van der Waals surface area contributed by atoms with Crippen molar-refractivity contribution in [3.8, 4) is 17.5 Å². The second-order valence-electron chi connectivity index (χ2n) is 8.59. The molecule has 35 heavy (non-hydrogen) atoms. The Morgan fingerprint density at radius 1 is 1.23 bits per heavy atom. The van der Waals surface area contributed by atoms with Crippen LogP contribution in [0.15, 0.2) is 60.2 Å². The van der Waals surface area contributed by atoms with Crippen molar-refractivity contribution in [1.29, 1.82) is 5.26 Å². The molecule has 1 aliphatic heterocycles. The molecule has 1 aromatic heterocycles. The smallest absolute Gasteiger partial charge is 0.262 e. The van der Waals surface area contributed by atoms with Gasteiger partial charge in [0.05, 0.1) is 6.10 Å². The number of nitrogens with one attached hydrogen (secondary N) is 1. The number of carbonyl (C=O) groups is 1. The lowest BCUT2D eigenvalue weighted by molar-refractivity contribution is -0.117. The number of nitriles is 1. The maximum atomic E-state index is 13.1. The number of ether oxygens (including phenoxy) is 2. The van der Waals surface area contributed by atoms with Crippen LogP contribution in [0.3, 0.4) is 0 Å². The number of hydrogen-bond acceptors (Lipinski definition) is 4. The van der Waals surface area contributed by atoms with Crippen LogP contribution in [0.4, 0.5) is 4.39 Å². The van der Waals surface area contributed by atoms with Crippen molar-refractivity contribution in [2.24, 2.45) is 0 Å². The number of halogens is 1. The summed E-state index contributed by atoms with van der Waals surface area (Å²) in [5.41, 5.74) is 4.59. The van der Waals surface area contributed by atoms with E-state index in [4.69, 9.17) is 9.47 Å². The number of hydrogen-bond donors (Lipinski definition) is 1. The van der Waals surface area contributed by atoms with Gasteiger partial charge < -0.3 is 19.4 Å². The highest BCUT2D eigenvalue weighted by molar-refractivity contribution is 6.01. The molecule has 1 fully saturated rings. The Hall–Kier alpha value is -3.89. The summed E-state index contributed by atoms with van der Waals surface area (Å²) in [5, 5.41) is 12.4. The average Bonchev–Trinajstić information content (AvgIpc) is 3.48. The number of amides is 1. The quantitative estimate of drug-likeness (QED) is 0.368. The predicted molar refractivity (Wildman–Crippen MR) is 132 cm³/mol. The Labute approximate surface area is 204 Å². The lowest BCUT2D eigenvalue weighted by Crippen LogP contribution is -2.32. The van der Waals surface area contributed by atoms with Crippen LogP contribution < -0.4 is 10.1 Å². The largest absolute Gasteiger partial charge is 0.489 e. The van der Waals surface area contributed by atoms with Crippen LogP contribution >= 0.6 is 0 Å². The Bertz CT molecular complexity index is 1250. The molecular weight excluding hydrogens is 445 g/mol. The molecule has 1 atom stereocenters. The Kier molecular flexibility index (Phi) is 7.64. The number of rotatable bonds is 8. The van der Waals surface area contributed by atoms with Crippen molar-refractivity contribution < 1.29 is 18.7 Å². The van der Waals surface area contributed by atoms with Crippen LogP contribution in [0.1, 0.15) is 35.4 Å². The van der Waals surface area contributed by atoms with Crippen molar-refractivity contribution in [3.05, 3.63) is 88.5 Å². The number of aromatic nitrogens is 1. The topological polar surface area (TPSA) is 76.3 Å². The summed E-state index contributed by atoms with van der Waals surface area (Å²) in [6.45, 7) is 5.41. The maximum Gasteiger partial charge on any atom is 0.262 e. The molecule has 1 N–H and O–H groups in total. The van der Waals surface area contributed by atoms with E-state index in [1.54, 1.807) is 18.2 Å². The van der Waals surface area contributed by atoms with Crippen LogP contribution in [0.2, 0.25) is 0 Å². The highest BCUT2D eigenvalue weighted by Gasteiger charge is 2.18. The van der Waals surface area contributed by atoms with E-state index in [1.807, 2.05) is 50.2 Å². The number of benzene rings is 2. The average molecular weight is 474 g/mol. The minimum Gasteiger partial charge on any atom is -0.489 e. The van der Waals surface area contributed by atoms with Gasteiger partial charge in [0.1, 0.15) is 29.8 Å². The Morgan fingerprint density at radius 3 is 2.63 bits per heavy atom. The first-order chi connectivity index (χ1) is 16.9. The zero-order valence-electron chi connectivity index (χ0n) is 19.9. The lowest BCUT2D eigenvalue weighted by atomic mass is 10.1. The van der Waals surface area contributed by atoms with E-state index in [1.165, 1.54) is 12.1 Å². The molecule has 1 aliphatic rings. The monoisotopic (exact) mass is 473 g/mol. The molecule has 7 heteroatoms. The molecule has 4 rings (SSSR count). The highest BCUT2D eigenvalue weighted by atomic mass is 19.1. The summed E-state index contributed by atoms with van der Waals surface area (Å²) in [4.78, 5) is 12.5. The number of aryl methyl sites for hydroxylation is 1. The fourth-order valence-corrected chi connectivity index (χ4v) is 4.18. The Balaban J connectivity index is 1.45. The number of nitrogens with zero attached hydrogens (tertiary/aromatic N) is 2. The van der Waals surface area contributed by atoms with Crippen LogP contribution in [0.5, 0.6) is 5.75 Å². The van der Waals surface area contributed by atoms with Crippen LogP contribution in [0, 0.1) is 31.0 Å². The van der Waals surface area contributed by atoms with Gasteiger partial charge in [-0.05, 0) is 86.4 Å². The summed E-state index contributed by atoms with van der Waals surface area (Å²) in [6, 6.07) is 17.9. The van der Waals surface area contributed by atoms with Gasteiger partial charge in [-0.15, -0.1) is 0 Å². The van der Waals surface area contributed by atoms with Crippen LogP contribution in [-0.2, 0) is 16.1 Å². The standard InChI is InChI=1S/C28H28FN3O3/c1-19-14-22(15-23(16-30)28(33)31-17-27-4-3-13-34-27)20(2)32(19)25-9-11-26(12-10-25)35-18-21-5-7-24(29)8-6-21/h5-12,14-15,27H,3-4,13,17-18H2,1-2H3,(H,31,33)/b23-15-/t27-/m0/s1. The fraction of sp³-hybridized carbons (Fsp3) is 0.286. The van der Waals surface area contributed by atoms with Gasteiger partial charge in [-0.2, -0.15) is 5.26 Å². The predicted octanol–water partition coefficient (Wildman–Crippen LogP) is 5.01. The van der Waals surface area contributed by atoms with Crippen molar-refractivity contribution in [2.45, 2.75) is 39.4 Å². The minimum absolute atomic E-state index is 0.0200. The Morgan fingerprint density at radius 2 is 1.97 bits per heavy atom. The van der Waals surface area contributed by atoms with Gasteiger partial charge in [0.2, 0.25) is 0 Å². The normalized spacial score (nSPS) is 15.6. The molecule has 0 saturated carbocycles. The first kappa shape index (κ1) is 24.2. The van der Waals surface area contributed by atoms with E-state index >= 15 is 0 Å². The van der Waals surface area contributed by atoms with E-state index in [9.17, 15) is 14.4 Å². The van der Waals surface area contributed by atoms with E-state index in [-0.39, 0.29) is 17.5 Å². The molecule has 6 nitrogen and oxygen atoms in total. The van der Waals surface area contributed by atoms with Crippen molar-refractivity contribution in [3.63, 3.8) is 0 Å². The summed E-state index contributed by atoms with van der Waals surface area (Å²) in [6.07, 6.45) is 3.56. The minimum atomic E-state index is -0.393. The molecule has 2 heterocycles. The molecular formula is C28H28FN3O3. The highest BCUT2D eigenvalue weighted by Crippen LogP contribution is 2.25. The van der Waals surface area contributed by atoms with Crippen molar-refractivity contribution in [2.75, 3.05) is 13.2 Å². The number of carbonyl (C=O) groups excluding carboxylic acids is 1. The zero-order valence-corrected chi connectivity index (χ0v) is 19.9. The molecule has 0 radical (unpaired) electrons. The fourth-order valence-electron chi connectivity index (χ4n) is 4.18. The van der Waals surface area contributed by atoms with Gasteiger partial charge in [-0.3, -0.25) is 4.79 Å². The molecule has 0 spiro atoms. The van der Waals surface area contributed by atoms with Gasteiger partial charge in [-0.1, -0.05) is 12.1 Å². The molecule has 0 aliphatic carbocycles. The van der Waals surface area contributed by atoms with Crippen molar-refractivity contribution >= 4 is 12.0 Å². The molecule has 3 aromatic rings. The third-order valence-corrected chi connectivity index (χ3v) is 6.06. The maximum absolute atomic E-state index is 13.1. The van der Waals surface area contributed by atoms with Gasteiger partial charge >= 0.3 is 0 Å². The summed E-state index contributed by atoms with van der Waals surface area (Å²) in [5.74, 6) is 0.0387. The van der Waals surface area contributed by atoms with Gasteiger partial charge in [0.15, 0.2) is 0 Å². The zero-order chi connectivity index (χ0) is 24.8. The van der Waals surface area contributed by atoms with Gasteiger partial charge in [0, 0.05) is 30.2 Å². The third-order valence-electron chi connectivity index (χ3n) is 6.06. The first-order valence-corrected chi connectivity index (χ1v) is 11.6. The molecule has 0 unspecified atom stereocenters. The van der Waals surface area contributed by atoms with Gasteiger partial charge in [0.25, 0.3) is 5.91 Å². The first-order valence-electron chi connectivity index (χ1n) is 11.6. The third kappa shape index (κ3) is 5.97. The summed E-state index contributed by atoms with van der Waals surface area (Å²) >= 11 is 0. The molecule has 0 bridgehead atoms. The molecule has 180 valence electrons. The second kappa shape index (κ2) is 11.0. The van der Waals surface area contributed by atoms with E-state index in [0.717, 1.165) is 47.7 Å². The lowest BCUT2D eigenvalue weighted by Gasteiger charge is -2.12. The van der Waals surface area contributed by atoms with Crippen molar-refractivity contribution in [1.82, 2.24) is 9.88 Å². The molecule has 1 amide bonds. The summed E-state index contributed by atoms with van der Waals surface area (Å²) in [7, 11) is 0.